The molecule has 2 amide bonds. The number of imide groups is 1. The van der Waals surface area contributed by atoms with E-state index in [4.69, 9.17) is 9.47 Å². The van der Waals surface area contributed by atoms with E-state index in [-0.39, 0.29) is 19.4 Å². The Labute approximate surface area is 181 Å². The van der Waals surface area contributed by atoms with Crippen molar-refractivity contribution in [3.63, 3.8) is 0 Å². The number of rotatable bonds is 7. The lowest BCUT2D eigenvalue weighted by molar-refractivity contribution is -0.148. The van der Waals surface area contributed by atoms with Gasteiger partial charge < -0.3 is 14.6 Å². The first-order valence-corrected chi connectivity index (χ1v) is 10.1. The number of carbonyl (C=O) groups is 3. The maximum Gasteiger partial charge on any atom is 0.417 e. The predicted octanol–water partition coefficient (Wildman–Crippen LogP) is 1.92. The van der Waals surface area contributed by atoms with Gasteiger partial charge >= 0.3 is 12.1 Å². The number of aliphatic hydroxyl groups is 1. The van der Waals surface area contributed by atoms with Crippen molar-refractivity contribution in [2.24, 2.45) is 5.92 Å². The number of hydrogen-bond acceptors (Lipinski definition) is 8. The van der Waals surface area contributed by atoms with E-state index in [1.54, 1.807) is 20.8 Å². The normalized spacial score (nSPS) is 20.6. The van der Waals surface area contributed by atoms with Crippen molar-refractivity contribution < 1.29 is 29.0 Å². The van der Waals surface area contributed by atoms with Gasteiger partial charge in [-0.05, 0) is 39.2 Å². The quantitative estimate of drug-likeness (QED) is 0.627. The Hall–Kier alpha value is -2.96. The van der Waals surface area contributed by atoms with Crippen molar-refractivity contribution >= 4 is 18.0 Å². The number of carbonyl (C=O) groups excluding carboxylic acids is 3. The molecule has 9 heteroatoms. The molecule has 1 fully saturated rings. The van der Waals surface area contributed by atoms with Gasteiger partial charge in [0.2, 0.25) is 5.91 Å². The molecular weight excluding hydrogens is 402 g/mol. The summed E-state index contributed by atoms with van der Waals surface area (Å²) < 4.78 is 10.0. The van der Waals surface area contributed by atoms with Gasteiger partial charge in [-0.3, -0.25) is 10.1 Å². The van der Waals surface area contributed by atoms with E-state index in [1.807, 2.05) is 30.3 Å². The minimum Gasteiger partial charge on any atom is -0.467 e. The van der Waals surface area contributed by atoms with Crippen molar-refractivity contribution in [1.82, 2.24) is 10.2 Å². The molecular formula is C22H29N3O6. The molecule has 31 heavy (non-hydrogen) atoms. The zero-order valence-corrected chi connectivity index (χ0v) is 18.2. The van der Waals surface area contributed by atoms with Gasteiger partial charge in [-0.15, -0.1) is 0 Å². The molecule has 1 aromatic rings. The molecule has 0 bridgehead atoms. The highest BCUT2D eigenvalue weighted by molar-refractivity contribution is 6.00. The molecule has 1 heterocycles. The van der Waals surface area contributed by atoms with Crippen LogP contribution in [0, 0.1) is 17.2 Å². The fourth-order valence-electron chi connectivity index (χ4n) is 3.51. The van der Waals surface area contributed by atoms with Gasteiger partial charge in [0.1, 0.15) is 11.6 Å². The lowest BCUT2D eigenvalue weighted by Gasteiger charge is -2.26. The molecule has 0 radical (unpaired) electrons. The fourth-order valence-corrected chi connectivity index (χ4v) is 3.51. The standard InChI is InChI=1S/C22H29N3O6/c1-22(2,3)31-21(29)25-18(20(28)30-4)11-15(19(25)27)10-16(12-23)24-17(13-26)14-8-6-5-7-9-14/h5-9,15-18,24,26H,10-11,13H2,1-4H3/t15-,16+,17+,18+/m1/s1. The summed E-state index contributed by atoms with van der Waals surface area (Å²) in [7, 11) is 1.18. The van der Waals surface area contributed by atoms with E-state index in [1.165, 1.54) is 7.11 Å². The number of hydrogen-bond donors (Lipinski definition) is 2. The van der Waals surface area contributed by atoms with Gasteiger partial charge in [-0.25, -0.2) is 14.5 Å². The number of ether oxygens (including phenoxy) is 2. The number of nitriles is 1. The van der Waals surface area contributed by atoms with Crippen molar-refractivity contribution in [3.8, 4) is 6.07 Å². The summed E-state index contributed by atoms with van der Waals surface area (Å²) in [5, 5.41) is 22.4. The van der Waals surface area contributed by atoms with Crippen molar-refractivity contribution in [3.05, 3.63) is 35.9 Å². The molecule has 0 saturated carbocycles. The minimum atomic E-state index is -1.11. The van der Waals surface area contributed by atoms with Crippen LogP contribution in [-0.2, 0) is 19.1 Å². The average molecular weight is 431 g/mol. The van der Waals surface area contributed by atoms with Gasteiger partial charge in [-0.1, -0.05) is 30.3 Å². The lowest BCUT2D eigenvalue weighted by atomic mass is 9.96. The van der Waals surface area contributed by atoms with Crippen LogP contribution in [0.2, 0.25) is 0 Å². The molecule has 1 aliphatic heterocycles. The Balaban J connectivity index is 2.17. The maximum absolute atomic E-state index is 13.0. The fraction of sp³-hybridized carbons (Fsp3) is 0.545. The van der Waals surface area contributed by atoms with Gasteiger partial charge in [0.25, 0.3) is 0 Å². The van der Waals surface area contributed by atoms with Crippen molar-refractivity contribution in [2.75, 3.05) is 13.7 Å². The maximum atomic E-state index is 13.0. The van der Waals surface area contributed by atoms with Gasteiger partial charge in [0.15, 0.2) is 0 Å². The number of methoxy groups -OCH3 is 1. The van der Waals surface area contributed by atoms with Crippen LogP contribution in [0.15, 0.2) is 30.3 Å². The summed E-state index contributed by atoms with van der Waals surface area (Å²) in [6, 6.07) is 8.82. The zero-order valence-electron chi connectivity index (χ0n) is 18.2. The second-order valence-corrected chi connectivity index (χ2v) is 8.39. The number of esters is 1. The first-order valence-electron chi connectivity index (χ1n) is 10.1. The molecule has 9 nitrogen and oxygen atoms in total. The Kier molecular flexibility index (Phi) is 8.14. The highest BCUT2D eigenvalue weighted by Crippen LogP contribution is 2.31. The Morgan fingerprint density at radius 3 is 2.48 bits per heavy atom. The number of nitrogens with zero attached hydrogens (tertiary/aromatic N) is 2. The largest absolute Gasteiger partial charge is 0.467 e. The van der Waals surface area contributed by atoms with E-state index >= 15 is 0 Å². The topological polar surface area (TPSA) is 129 Å². The van der Waals surface area contributed by atoms with Crippen LogP contribution in [0.4, 0.5) is 4.79 Å². The highest BCUT2D eigenvalue weighted by atomic mass is 16.6. The van der Waals surface area contributed by atoms with E-state index in [9.17, 15) is 24.8 Å². The summed E-state index contributed by atoms with van der Waals surface area (Å²) in [6.07, 6.45) is -0.833. The van der Waals surface area contributed by atoms with Crippen LogP contribution in [-0.4, -0.2) is 59.4 Å². The summed E-state index contributed by atoms with van der Waals surface area (Å²) in [6.45, 7) is 4.73. The Bertz CT molecular complexity index is 830. The Morgan fingerprint density at radius 2 is 1.97 bits per heavy atom. The number of amides is 2. The Morgan fingerprint density at radius 1 is 1.32 bits per heavy atom. The molecule has 1 aromatic carbocycles. The van der Waals surface area contributed by atoms with Crippen LogP contribution < -0.4 is 5.32 Å². The lowest BCUT2D eigenvalue weighted by Crippen LogP contribution is -2.46. The van der Waals surface area contributed by atoms with Crippen LogP contribution in [0.3, 0.4) is 0 Å². The first-order chi connectivity index (χ1) is 14.6. The summed E-state index contributed by atoms with van der Waals surface area (Å²) in [4.78, 5) is 38.5. The molecule has 168 valence electrons. The zero-order chi connectivity index (χ0) is 23.2. The van der Waals surface area contributed by atoms with Crippen molar-refractivity contribution in [2.45, 2.75) is 57.3 Å². The number of benzene rings is 1. The molecule has 0 unspecified atom stereocenters. The van der Waals surface area contributed by atoms with Crippen LogP contribution in [0.5, 0.6) is 0 Å². The third-order valence-electron chi connectivity index (χ3n) is 4.93. The first kappa shape index (κ1) is 24.3. The van der Waals surface area contributed by atoms with E-state index < -0.39 is 47.6 Å². The highest BCUT2D eigenvalue weighted by Gasteiger charge is 2.49. The third-order valence-corrected chi connectivity index (χ3v) is 4.93. The smallest absolute Gasteiger partial charge is 0.417 e. The molecule has 2 rings (SSSR count). The minimum absolute atomic E-state index is 0.0275. The molecule has 1 saturated heterocycles. The molecule has 2 N–H and O–H groups in total. The number of nitrogens with one attached hydrogen (secondary N) is 1. The summed E-state index contributed by atoms with van der Waals surface area (Å²) >= 11 is 0. The SMILES string of the molecule is COC(=O)[C@@H]1C[C@@H](C[C@@H](C#N)N[C@@H](CO)c2ccccc2)C(=O)N1C(=O)OC(C)(C)C. The van der Waals surface area contributed by atoms with Crippen LogP contribution in [0.25, 0.3) is 0 Å². The second-order valence-electron chi connectivity index (χ2n) is 8.39. The van der Waals surface area contributed by atoms with Gasteiger partial charge in [0.05, 0.1) is 31.9 Å². The molecule has 1 aliphatic rings. The monoisotopic (exact) mass is 431 g/mol. The van der Waals surface area contributed by atoms with E-state index in [0.717, 1.165) is 10.5 Å². The van der Waals surface area contributed by atoms with Gasteiger partial charge in [0, 0.05) is 5.92 Å². The third kappa shape index (κ3) is 6.26. The van der Waals surface area contributed by atoms with Gasteiger partial charge in [-0.2, -0.15) is 5.26 Å². The van der Waals surface area contributed by atoms with E-state index in [2.05, 4.69) is 11.4 Å². The number of aliphatic hydroxyl groups excluding tert-OH is 1. The molecule has 0 aromatic heterocycles. The average Bonchev–Trinajstić information content (AvgIpc) is 3.05. The molecule has 0 spiro atoms. The van der Waals surface area contributed by atoms with Crippen molar-refractivity contribution in [1.29, 1.82) is 5.26 Å². The predicted molar refractivity (Wildman–Crippen MR) is 110 cm³/mol. The van der Waals surface area contributed by atoms with Crippen LogP contribution in [0.1, 0.15) is 45.2 Å². The molecule has 4 atom stereocenters. The molecule has 0 aliphatic carbocycles. The van der Waals surface area contributed by atoms with E-state index in [0.29, 0.717) is 0 Å². The summed E-state index contributed by atoms with van der Waals surface area (Å²) in [5.41, 5.74) is -0.0532. The van der Waals surface area contributed by atoms with Crippen LogP contribution >= 0.6 is 0 Å². The number of likely N-dealkylation sites (tertiary alicyclic amines) is 1. The second kappa shape index (κ2) is 10.4. The summed E-state index contributed by atoms with van der Waals surface area (Å²) in [5.74, 6) is -2.07.